The monoisotopic (exact) mass is 330 g/mol. The van der Waals surface area contributed by atoms with Crippen molar-refractivity contribution in [1.82, 2.24) is 15.5 Å². The highest BCUT2D eigenvalue weighted by Crippen LogP contribution is 2.17. The van der Waals surface area contributed by atoms with Gasteiger partial charge in [0.05, 0.1) is 17.9 Å². The first-order valence-corrected chi connectivity index (χ1v) is 8.48. The summed E-state index contributed by atoms with van der Waals surface area (Å²) in [6.45, 7) is 1.86. The first-order chi connectivity index (χ1) is 9.72. The van der Waals surface area contributed by atoms with Crippen molar-refractivity contribution in [2.24, 2.45) is 4.99 Å². The highest BCUT2D eigenvalue weighted by molar-refractivity contribution is 7.91. The van der Waals surface area contributed by atoms with Crippen molar-refractivity contribution in [3.63, 3.8) is 0 Å². The Kier molecular flexibility index (Phi) is 6.72. The molecule has 124 valence electrons. The molecule has 1 aliphatic rings. The molecular formula is C11H21F3N4O2S. The van der Waals surface area contributed by atoms with Gasteiger partial charge in [-0.3, -0.25) is 9.89 Å². The zero-order valence-corrected chi connectivity index (χ0v) is 12.7. The van der Waals surface area contributed by atoms with Crippen molar-refractivity contribution in [3.8, 4) is 0 Å². The molecule has 21 heavy (non-hydrogen) atoms. The van der Waals surface area contributed by atoms with Gasteiger partial charge in [0.2, 0.25) is 0 Å². The predicted octanol–water partition coefficient (Wildman–Crippen LogP) is -0.166. The van der Waals surface area contributed by atoms with E-state index >= 15 is 0 Å². The average Bonchev–Trinajstić information content (AvgIpc) is 2.37. The average molecular weight is 330 g/mol. The molecule has 1 fully saturated rings. The van der Waals surface area contributed by atoms with Crippen LogP contribution in [-0.4, -0.2) is 76.7 Å². The van der Waals surface area contributed by atoms with Crippen LogP contribution in [0.25, 0.3) is 0 Å². The predicted molar refractivity (Wildman–Crippen MR) is 75.1 cm³/mol. The van der Waals surface area contributed by atoms with E-state index in [0.29, 0.717) is 32.1 Å². The van der Waals surface area contributed by atoms with Gasteiger partial charge >= 0.3 is 6.18 Å². The van der Waals surface area contributed by atoms with E-state index in [1.165, 1.54) is 7.05 Å². The summed E-state index contributed by atoms with van der Waals surface area (Å²) in [5.74, 6) is 0.626. The number of sulfone groups is 1. The Morgan fingerprint density at radius 1 is 1.19 bits per heavy atom. The van der Waals surface area contributed by atoms with E-state index in [0.717, 1.165) is 0 Å². The first-order valence-electron chi connectivity index (χ1n) is 6.66. The number of hydrogen-bond acceptors (Lipinski definition) is 4. The zero-order valence-electron chi connectivity index (χ0n) is 11.9. The highest BCUT2D eigenvalue weighted by atomic mass is 32.2. The fourth-order valence-electron chi connectivity index (χ4n) is 1.85. The largest absolute Gasteiger partial charge is 0.390 e. The minimum atomic E-state index is -4.19. The molecule has 0 aromatic heterocycles. The Labute approximate surface area is 122 Å². The van der Waals surface area contributed by atoms with E-state index in [1.54, 1.807) is 0 Å². The second-order valence-corrected chi connectivity index (χ2v) is 7.09. The smallest absolute Gasteiger partial charge is 0.356 e. The summed E-state index contributed by atoms with van der Waals surface area (Å²) in [6.07, 6.45) is -5.11. The number of nitrogens with zero attached hydrogens (tertiary/aromatic N) is 2. The molecule has 0 aromatic carbocycles. The van der Waals surface area contributed by atoms with E-state index in [-0.39, 0.29) is 18.1 Å². The summed E-state index contributed by atoms with van der Waals surface area (Å²) in [5, 5.41) is 5.49. The van der Waals surface area contributed by atoms with Gasteiger partial charge in [-0.1, -0.05) is 0 Å². The van der Waals surface area contributed by atoms with Crippen molar-refractivity contribution in [3.05, 3.63) is 0 Å². The Balaban J connectivity index is 2.18. The fraction of sp³-hybridized carbons (Fsp3) is 0.909. The second kappa shape index (κ2) is 7.83. The maximum Gasteiger partial charge on any atom is 0.390 e. The van der Waals surface area contributed by atoms with E-state index in [1.807, 2.05) is 4.90 Å². The molecule has 0 saturated carbocycles. The van der Waals surface area contributed by atoms with E-state index in [2.05, 4.69) is 15.6 Å². The molecular weight excluding hydrogens is 309 g/mol. The van der Waals surface area contributed by atoms with Crippen LogP contribution in [0.3, 0.4) is 0 Å². The molecule has 0 amide bonds. The number of alkyl halides is 3. The number of rotatable bonds is 5. The third-order valence-corrected chi connectivity index (χ3v) is 4.69. The highest BCUT2D eigenvalue weighted by Gasteiger charge is 2.26. The number of nitrogens with one attached hydrogen (secondary N) is 2. The Morgan fingerprint density at radius 2 is 1.76 bits per heavy atom. The van der Waals surface area contributed by atoms with Crippen LogP contribution in [-0.2, 0) is 9.84 Å². The van der Waals surface area contributed by atoms with Crippen LogP contribution >= 0.6 is 0 Å². The Hall–Kier alpha value is -1.03. The van der Waals surface area contributed by atoms with E-state index < -0.39 is 22.4 Å². The van der Waals surface area contributed by atoms with Gasteiger partial charge in [0.25, 0.3) is 0 Å². The maximum absolute atomic E-state index is 12.0. The van der Waals surface area contributed by atoms with E-state index in [9.17, 15) is 21.6 Å². The summed E-state index contributed by atoms with van der Waals surface area (Å²) in [7, 11) is -1.41. The fourth-order valence-corrected chi connectivity index (χ4v) is 3.13. The third-order valence-electron chi connectivity index (χ3n) is 3.08. The van der Waals surface area contributed by atoms with Crippen LogP contribution < -0.4 is 10.6 Å². The van der Waals surface area contributed by atoms with Crippen molar-refractivity contribution in [1.29, 1.82) is 0 Å². The SMILES string of the molecule is CN=C(NCCN1CCS(=O)(=O)CC1)NCCC(F)(F)F. The molecule has 10 heteroatoms. The molecule has 1 saturated heterocycles. The number of aliphatic imine (C=N–C) groups is 1. The number of guanidine groups is 1. The summed E-state index contributed by atoms with van der Waals surface area (Å²) < 4.78 is 58.6. The standard InChI is InChI=1S/C11H21F3N4O2S/c1-15-10(16-3-2-11(12,13)14)17-4-5-18-6-8-21(19,20)9-7-18/h2-9H2,1H3,(H2,15,16,17). The quantitative estimate of drug-likeness (QED) is 0.541. The number of halogens is 3. The van der Waals surface area contributed by atoms with Gasteiger partial charge in [-0.2, -0.15) is 13.2 Å². The molecule has 2 N–H and O–H groups in total. The van der Waals surface area contributed by atoms with Gasteiger partial charge in [0, 0.05) is 39.8 Å². The normalized spacial score (nSPS) is 20.3. The topological polar surface area (TPSA) is 73.8 Å². The lowest BCUT2D eigenvalue weighted by atomic mass is 10.4. The summed E-state index contributed by atoms with van der Waals surface area (Å²) >= 11 is 0. The number of hydrogen-bond donors (Lipinski definition) is 2. The molecule has 0 unspecified atom stereocenters. The van der Waals surface area contributed by atoms with Gasteiger partial charge < -0.3 is 10.6 Å². The van der Waals surface area contributed by atoms with Gasteiger partial charge in [-0.05, 0) is 0 Å². The van der Waals surface area contributed by atoms with Crippen LogP contribution in [0.15, 0.2) is 4.99 Å². The first kappa shape index (κ1) is 18.0. The molecule has 6 nitrogen and oxygen atoms in total. The van der Waals surface area contributed by atoms with Crippen LogP contribution in [0.2, 0.25) is 0 Å². The lowest BCUT2D eigenvalue weighted by Crippen LogP contribution is -2.46. The molecule has 0 bridgehead atoms. The van der Waals surface area contributed by atoms with Crippen molar-refractivity contribution >= 4 is 15.8 Å². The third kappa shape index (κ3) is 8.10. The van der Waals surface area contributed by atoms with Crippen molar-refractivity contribution in [2.45, 2.75) is 12.6 Å². The molecule has 0 atom stereocenters. The van der Waals surface area contributed by atoms with Gasteiger partial charge in [0.1, 0.15) is 0 Å². The molecule has 0 aliphatic carbocycles. The summed E-state index contributed by atoms with van der Waals surface area (Å²) in [4.78, 5) is 5.82. The Bertz CT molecular complexity index is 437. The minimum absolute atomic E-state index is 0.158. The summed E-state index contributed by atoms with van der Waals surface area (Å²) in [5.41, 5.74) is 0. The van der Waals surface area contributed by atoms with Crippen LogP contribution in [0.5, 0.6) is 0 Å². The lowest BCUT2D eigenvalue weighted by Gasteiger charge is -2.26. The van der Waals surface area contributed by atoms with Gasteiger partial charge in [-0.15, -0.1) is 0 Å². The van der Waals surface area contributed by atoms with Crippen molar-refractivity contribution in [2.75, 3.05) is 51.3 Å². The molecule has 1 rings (SSSR count). The van der Waals surface area contributed by atoms with Crippen LogP contribution in [0.1, 0.15) is 6.42 Å². The Morgan fingerprint density at radius 3 is 2.29 bits per heavy atom. The molecule has 1 heterocycles. The molecule has 1 aliphatic heterocycles. The summed E-state index contributed by atoms with van der Waals surface area (Å²) in [6, 6.07) is 0. The van der Waals surface area contributed by atoms with Crippen LogP contribution in [0, 0.1) is 0 Å². The van der Waals surface area contributed by atoms with Crippen LogP contribution in [0.4, 0.5) is 13.2 Å². The lowest BCUT2D eigenvalue weighted by molar-refractivity contribution is -0.132. The van der Waals surface area contributed by atoms with Crippen molar-refractivity contribution < 1.29 is 21.6 Å². The maximum atomic E-state index is 12.0. The minimum Gasteiger partial charge on any atom is -0.356 e. The van der Waals surface area contributed by atoms with Gasteiger partial charge in [0.15, 0.2) is 15.8 Å². The molecule has 0 aromatic rings. The molecule has 0 radical (unpaired) electrons. The zero-order chi connectivity index (χ0) is 15.9. The van der Waals surface area contributed by atoms with Gasteiger partial charge in [-0.25, -0.2) is 8.42 Å². The van der Waals surface area contributed by atoms with E-state index in [4.69, 9.17) is 0 Å². The molecule has 0 spiro atoms. The second-order valence-electron chi connectivity index (χ2n) is 4.78.